The van der Waals surface area contributed by atoms with Crippen LogP contribution >= 0.6 is 0 Å². The third-order valence-corrected chi connectivity index (χ3v) is 13.6. The van der Waals surface area contributed by atoms with E-state index in [0.717, 1.165) is 31.7 Å². The molecule has 5 rings (SSSR count). The van der Waals surface area contributed by atoms with Gasteiger partial charge in [0, 0.05) is 78.0 Å². The van der Waals surface area contributed by atoms with Crippen molar-refractivity contribution < 1.29 is 16.8 Å². The molecule has 2 saturated heterocycles. The second-order valence-corrected chi connectivity index (χ2v) is 17.3. The van der Waals surface area contributed by atoms with Gasteiger partial charge in [0.2, 0.25) is 10.0 Å². The Morgan fingerprint density at radius 2 is 1.41 bits per heavy atom. The van der Waals surface area contributed by atoms with Crippen molar-refractivity contribution in [1.82, 2.24) is 27.6 Å². The highest BCUT2D eigenvalue weighted by molar-refractivity contribution is 7.89. The molecule has 2 aromatic rings. The number of hydrogen-bond donors (Lipinski definition) is 0. The van der Waals surface area contributed by atoms with Crippen LogP contribution in [0.1, 0.15) is 63.8 Å². The van der Waals surface area contributed by atoms with Crippen molar-refractivity contribution in [2.75, 3.05) is 77.9 Å². The highest BCUT2D eigenvalue weighted by atomic mass is 32.2. The van der Waals surface area contributed by atoms with Gasteiger partial charge in [0.15, 0.2) is 0 Å². The smallest absolute Gasteiger partial charge is 0.282 e. The third-order valence-electron chi connectivity index (χ3n) is 9.77. The van der Waals surface area contributed by atoms with Crippen LogP contribution in [0.2, 0.25) is 0 Å². The minimum Gasteiger partial charge on any atom is -0.378 e. The number of piperidine rings is 1. The first-order chi connectivity index (χ1) is 22.0. The lowest BCUT2D eigenvalue weighted by Crippen LogP contribution is -2.49. The van der Waals surface area contributed by atoms with E-state index in [1.54, 1.807) is 26.9 Å². The lowest BCUT2D eigenvalue weighted by molar-refractivity contribution is 0.186. The quantitative estimate of drug-likeness (QED) is 0.389. The second kappa shape index (κ2) is 15.7. The first kappa shape index (κ1) is 35.0. The predicted octanol–water partition coefficient (Wildman–Crippen LogP) is 4.06. The molecule has 0 radical (unpaired) electrons. The molecule has 13 heteroatoms. The predicted molar refractivity (Wildman–Crippen MR) is 183 cm³/mol. The summed E-state index contributed by atoms with van der Waals surface area (Å²) in [5.74, 6) is 0.646. The summed E-state index contributed by atoms with van der Waals surface area (Å²) in [7, 11) is -3.76. The van der Waals surface area contributed by atoms with Crippen LogP contribution in [0, 0.1) is 5.92 Å². The maximum Gasteiger partial charge on any atom is 0.282 e. The number of hydrogen-bond acceptors (Lipinski definition) is 7. The van der Waals surface area contributed by atoms with Crippen LogP contribution < -0.4 is 4.90 Å². The Bertz CT molecular complexity index is 1470. The van der Waals surface area contributed by atoms with Gasteiger partial charge < -0.3 is 9.80 Å². The zero-order chi connectivity index (χ0) is 32.7. The number of aromatic nitrogens is 2. The Kier molecular flexibility index (Phi) is 12.0. The van der Waals surface area contributed by atoms with Gasteiger partial charge in [-0.2, -0.15) is 26.4 Å². The highest BCUT2D eigenvalue weighted by Gasteiger charge is 2.35. The van der Waals surface area contributed by atoms with Crippen LogP contribution in [0.15, 0.2) is 59.8 Å². The maximum absolute atomic E-state index is 14.1. The summed E-state index contributed by atoms with van der Waals surface area (Å²) in [6.07, 6.45) is 12.8. The summed E-state index contributed by atoms with van der Waals surface area (Å²) in [6, 6.07) is 9.01. The molecule has 0 N–H and O–H groups in total. The number of benzene rings is 1. The molecule has 2 aliphatic heterocycles. The van der Waals surface area contributed by atoms with Crippen molar-refractivity contribution >= 4 is 25.9 Å². The molecular weight excluding hydrogens is 623 g/mol. The third kappa shape index (κ3) is 8.78. The molecule has 1 aromatic heterocycles. The lowest BCUT2D eigenvalue weighted by atomic mass is 9.89. The van der Waals surface area contributed by atoms with E-state index in [4.69, 9.17) is 0 Å². The molecule has 3 heterocycles. The average molecular weight is 676 g/mol. The fraction of sp³-hybridized carbons (Fsp3) is 0.667. The lowest BCUT2D eigenvalue weighted by Gasteiger charge is -2.36. The van der Waals surface area contributed by atoms with Crippen LogP contribution in [0.4, 0.5) is 5.69 Å². The molecule has 46 heavy (non-hydrogen) atoms. The maximum atomic E-state index is 14.1. The highest BCUT2D eigenvalue weighted by Crippen LogP contribution is 2.28. The van der Waals surface area contributed by atoms with Gasteiger partial charge in [-0.15, -0.1) is 0 Å². The summed E-state index contributed by atoms with van der Waals surface area (Å²) in [5, 5.41) is 4.36. The zero-order valence-electron chi connectivity index (χ0n) is 27.7. The molecule has 256 valence electrons. The Balaban J connectivity index is 1.35. The summed E-state index contributed by atoms with van der Waals surface area (Å²) in [6.45, 7) is 8.52. The molecule has 3 fully saturated rings. The van der Waals surface area contributed by atoms with Crippen molar-refractivity contribution in [2.45, 2.75) is 68.7 Å². The second-order valence-electron chi connectivity index (χ2n) is 13.4. The zero-order valence-corrected chi connectivity index (χ0v) is 29.3. The van der Waals surface area contributed by atoms with Gasteiger partial charge in [0.25, 0.3) is 10.2 Å². The van der Waals surface area contributed by atoms with E-state index in [0.29, 0.717) is 56.9 Å². The summed E-state index contributed by atoms with van der Waals surface area (Å²) in [5.41, 5.74) is 1.49. The standard InChI is InChI=1S/C33H53N7O4S2/c1-29-26-38(45(41,42)33-14-12-31(13-15-33)35(2)3)21-8-19-36(28-30-10-5-4-6-11-30)20-9-22-39(27-29)46(43,44)37-24-16-32(17-25-37)40-23-7-18-34-40/h7,12-15,18,23,30,32H,1,4-6,8-11,16-17,19-22,24-28H2,2-3H3. The first-order valence-corrected chi connectivity index (χ1v) is 19.8. The van der Waals surface area contributed by atoms with Crippen LogP contribution in [0.25, 0.3) is 0 Å². The van der Waals surface area contributed by atoms with E-state index >= 15 is 0 Å². The first-order valence-electron chi connectivity index (χ1n) is 16.9. The van der Waals surface area contributed by atoms with Gasteiger partial charge in [-0.1, -0.05) is 25.8 Å². The van der Waals surface area contributed by atoms with Crippen molar-refractivity contribution in [3.05, 3.63) is 54.9 Å². The molecule has 3 aliphatic rings. The van der Waals surface area contributed by atoms with Gasteiger partial charge in [-0.3, -0.25) is 4.68 Å². The topological polar surface area (TPSA) is 102 Å². The fourth-order valence-corrected chi connectivity index (χ4v) is 10.3. The van der Waals surface area contributed by atoms with E-state index in [-0.39, 0.29) is 24.0 Å². The molecular formula is C33H53N7O4S2. The molecule has 0 unspecified atom stereocenters. The fourth-order valence-electron chi connectivity index (χ4n) is 7.14. The minimum absolute atomic E-state index is 0.0772. The van der Waals surface area contributed by atoms with Crippen LogP contribution in [0.3, 0.4) is 0 Å². The minimum atomic E-state index is -3.82. The van der Waals surface area contributed by atoms with Crippen molar-refractivity contribution in [2.24, 2.45) is 5.92 Å². The number of nitrogens with zero attached hydrogens (tertiary/aromatic N) is 7. The van der Waals surface area contributed by atoms with Crippen LogP contribution in [0.5, 0.6) is 0 Å². The van der Waals surface area contributed by atoms with Crippen LogP contribution in [-0.2, 0) is 20.2 Å². The van der Waals surface area contributed by atoms with Gasteiger partial charge in [-0.25, -0.2) is 8.42 Å². The van der Waals surface area contributed by atoms with Crippen molar-refractivity contribution in [3.63, 3.8) is 0 Å². The average Bonchev–Trinajstić information content (AvgIpc) is 3.59. The van der Waals surface area contributed by atoms with Gasteiger partial charge in [0.1, 0.15) is 0 Å². The molecule has 0 spiro atoms. The largest absolute Gasteiger partial charge is 0.378 e. The molecule has 0 bridgehead atoms. The summed E-state index contributed by atoms with van der Waals surface area (Å²) < 4.78 is 62.8. The van der Waals surface area contributed by atoms with Crippen LogP contribution in [-0.4, -0.2) is 117 Å². The molecule has 1 saturated carbocycles. The Morgan fingerprint density at radius 3 is 2.02 bits per heavy atom. The molecule has 1 aliphatic carbocycles. The normalized spacial score (nSPS) is 22.3. The number of rotatable bonds is 8. The van der Waals surface area contributed by atoms with Gasteiger partial charge in [0.05, 0.1) is 10.9 Å². The Hall–Kier alpha value is -2.29. The SMILES string of the molecule is C=C1CN(S(=O)(=O)c2ccc(N(C)C)cc2)CCCN(CC2CCCCC2)CCCN(S(=O)(=O)N2CCC(n3cccn3)CC2)C1. The van der Waals surface area contributed by atoms with E-state index in [1.807, 2.05) is 48.1 Å². The Labute approximate surface area is 277 Å². The summed E-state index contributed by atoms with van der Waals surface area (Å²) >= 11 is 0. The van der Waals surface area contributed by atoms with Crippen molar-refractivity contribution in [1.29, 1.82) is 0 Å². The van der Waals surface area contributed by atoms with E-state index in [9.17, 15) is 16.8 Å². The van der Waals surface area contributed by atoms with Gasteiger partial charge >= 0.3 is 0 Å². The Morgan fingerprint density at radius 1 is 0.783 bits per heavy atom. The molecule has 11 nitrogen and oxygen atoms in total. The molecule has 1 aromatic carbocycles. The monoisotopic (exact) mass is 675 g/mol. The van der Waals surface area contributed by atoms with E-state index in [2.05, 4.69) is 16.6 Å². The number of sulfonamides is 1. The number of anilines is 1. The van der Waals surface area contributed by atoms with E-state index in [1.165, 1.54) is 36.4 Å². The van der Waals surface area contributed by atoms with Crippen molar-refractivity contribution in [3.8, 4) is 0 Å². The molecule has 0 atom stereocenters. The van der Waals surface area contributed by atoms with Gasteiger partial charge in [-0.05, 0) is 93.4 Å². The van der Waals surface area contributed by atoms with E-state index < -0.39 is 20.2 Å². The molecule has 0 amide bonds. The summed E-state index contributed by atoms with van der Waals surface area (Å²) in [4.78, 5) is 4.62.